The Balaban J connectivity index is 1.53. The molecule has 0 unspecified atom stereocenters. The fraction of sp³-hybridized carbons (Fsp3) is 0.143. The Morgan fingerprint density at radius 1 is 1.14 bits per heavy atom. The molecule has 0 aliphatic heterocycles. The minimum atomic E-state index is -0.251. The fourth-order valence-corrected chi connectivity index (χ4v) is 2.77. The second-order valence-electron chi connectivity index (χ2n) is 6.47. The Morgan fingerprint density at radius 3 is 2.82 bits per heavy atom. The van der Waals surface area contributed by atoms with Crippen LogP contribution in [-0.2, 0) is 11.3 Å². The number of hydrogen-bond donors (Lipinski definition) is 1. The predicted molar refractivity (Wildman–Crippen MR) is 105 cm³/mol. The summed E-state index contributed by atoms with van der Waals surface area (Å²) in [5.41, 5.74) is 4.91. The first kappa shape index (κ1) is 17.7. The SMILES string of the molecule is Cc1ccc(-c2ccc3nnc(CNC(=O)/C=C/c4ccco4)n3n2)cc1C. The van der Waals surface area contributed by atoms with Gasteiger partial charge in [-0.3, -0.25) is 4.79 Å². The van der Waals surface area contributed by atoms with Gasteiger partial charge < -0.3 is 9.73 Å². The number of furan rings is 1. The highest BCUT2D eigenvalue weighted by atomic mass is 16.3. The van der Waals surface area contributed by atoms with Crippen molar-refractivity contribution in [3.8, 4) is 11.3 Å². The second-order valence-corrected chi connectivity index (χ2v) is 6.47. The van der Waals surface area contributed by atoms with E-state index in [1.54, 1.807) is 29.0 Å². The molecule has 1 N–H and O–H groups in total. The molecule has 7 nitrogen and oxygen atoms in total. The molecule has 0 aliphatic rings. The molecule has 0 radical (unpaired) electrons. The van der Waals surface area contributed by atoms with E-state index in [4.69, 9.17) is 4.42 Å². The van der Waals surface area contributed by atoms with Gasteiger partial charge in [0.25, 0.3) is 0 Å². The zero-order valence-electron chi connectivity index (χ0n) is 15.6. The van der Waals surface area contributed by atoms with Crippen molar-refractivity contribution in [2.45, 2.75) is 20.4 Å². The van der Waals surface area contributed by atoms with Crippen LogP contribution in [0.4, 0.5) is 0 Å². The number of carbonyl (C=O) groups is 1. The summed E-state index contributed by atoms with van der Waals surface area (Å²) >= 11 is 0. The number of benzene rings is 1. The van der Waals surface area contributed by atoms with E-state index in [1.807, 2.05) is 18.2 Å². The summed E-state index contributed by atoms with van der Waals surface area (Å²) in [5, 5.41) is 15.7. The zero-order valence-corrected chi connectivity index (χ0v) is 15.6. The van der Waals surface area contributed by atoms with Crippen molar-refractivity contribution in [2.75, 3.05) is 0 Å². The average Bonchev–Trinajstić information content (AvgIpc) is 3.36. The van der Waals surface area contributed by atoms with Crippen molar-refractivity contribution in [2.24, 2.45) is 0 Å². The van der Waals surface area contributed by atoms with Gasteiger partial charge in [-0.25, -0.2) is 0 Å². The van der Waals surface area contributed by atoms with E-state index in [2.05, 4.69) is 46.6 Å². The molecule has 0 aliphatic carbocycles. The number of aromatic nitrogens is 4. The van der Waals surface area contributed by atoms with Crippen molar-refractivity contribution in [1.82, 2.24) is 25.1 Å². The molecule has 7 heteroatoms. The summed E-state index contributed by atoms with van der Waals surface area (Å²) in [5.74, 6) is 0.918. The molecule has 0 spiro atoms. The lowest BCUT2D eigenvalue weighted by molar-refractivity contribution is -0.116. The first-order valence-electron chi connectivity index (χ1n) is 8.88. The molecule has 0 bridgehead atoms. The van der Waals surface area contributed by atoms with E-state index in [0.29, 0.717) is 17.2 Å². The maximum absolute atomic E-state index is 12.0. The van der Waals surface area contributed by atoms with E-state index < -0.39 is 0 Å². The summed E-state index contributed by atoms with van der Waals surface area (Å²) in [6.07, 6.45) is 4.57. The van der Waals surface area contributed by atoms with Gasteiger partial charge in [0.2, 0.25) is 5.91 Å². The summed E-state index contributed by atoms with van der Waals surface area (Å²) in [6.45, 7) is 4.37. The zero-order chi connectivity index (χ0) is 19.5. The number of nitrogens with zero attached hydrogens (tertiary/aromatic N) is 4. The van der Waals surface area contributed by atoms with Crippen LogP contribution in [0.2, 0.25) is 0 Å². The lowest BCUT2D eigenvalue weighted by Gasteiger charge is -2.06. The molecule has 0 saturated heterocycles. The lowest BCUT2D eigenvalue weighted by atomic mass is 10.0. The van der Waals surface area contributed by atoms with Gasteiger partial charge in [0.1, 0.15) is 5.76 Å². The minimum Gasteiger partial charge on any atom is -0.465 e. The molecule has 28 heavy (non-hydrogen) atoms. The van der Waals surface area contributed by atoms with Crippen molar-refractivity contribution in [1.29, 1.82) is 0 Å². The number of aryl methyl sites for hydroxylation is 2. The van der Waals surface area contributed by atoms with Gasteiger partial charge in [0.05, 0.1) is 18.5 Å². The van der Waals surface area contributed by atoms with Crippen LogP contribution in [0.5, 0.6) is 0 Å². The summed E-state index contributed by atoms with van der Waals surface area (Å²) < 4.78 is 6.81. The Morgan fingerprint density at radius 2 is 2.04 bits per heavy atom. The van der Waals surface area contributed by atoms with Gasteiger partial charge in [-0.05, 0) is 61.4 Å². The molecular weight excluding hydrogens is 354 g/mol. The largest absolute Gasteiger partial charge is 0.465 e. The third kappa shape index (κ3) is 3.68. The van der Waals surface area contributed by atoms with Gasteiger partial charge in [-0.1, -0.05) is 12.1 Å². The topological polar surface area (TPSA) is 85.3 Å². The van der Waals surface area contributed by atoms with Crippen molar-refractivity contribution in [3.05, 3.63) is 77.5 Å². The van der Waals surface area contributed by atoms with Crippen molar-refractivity contribution >= 4 is 17.6 Å². The fourth-order valence-electron chi connectivity index (χ4n) is 2.77. The minimum absolute atomic E-state index is 0.214. The molecule has 1 aromatic carbocycles. The highest BCUT2D eigenvalue weighted by Crippen LogP contribution is 2.20. The van der Waals surface area contributed by atoms with Crippen molar-refractivity contribution < 1.29 is 9.21 Å². The van der Waals surface area contributed by atoms with Crippen LogP contribution in [-0.4, -0.2) is 25.7 Å². The average molecular weight is 373 g/mol. The highest BCUT2D eigenvalue weighted by molar-refractivity contribution is 5.91. The molecule has 3 heterocycles. The van der Waals surface area contributed by atoms with Crippen LogP contribution < -0.4 is 5.32 Å². The standard InChI is InChI=1S/C21H19N5O2/c1-14-5-6-16(12-15(14)2)18-8-9-19-23-24-20(26(19)25-18)13-22-21(27)10-7-17-4-3-11-28-17/h3-12H,13H2,1-2H3,(H,22,27)/b10-7+. The Labute approximate surface area is 161 Å². The summed E-state index contributed by atoms with van der Waals surface area (Å²) in [6, 6.07) is 13.5. The second kappa shape index (κ2) is 7.48. The number of carbonyl (C=O) groups excluding carboxylic acids is 1. The molecule has 3 aromatic heterocycles. The van der Waals surface area contributed by atoms with Gasteiger partial charge in [-0.2, -0.15) is 9.61 Å². The van der Waals surface area contributed by atoms with Crippen LogP contribution in [0.1, 0.15) is 22.7 Å². The molecule has 0 fully saturated rings. The van der Waals surface area contributed by atoms with E-state index in [0.717, 1.165) is 11.3 Å². The Hall–Kier alpha value is -3.74. The van der Waals surface area contributed by atoms with E-state index >= 15 is 0 Å². The van der Waals surface area contributed by atoms with Gasteiger partial charge in [-0.15, -0.1) is 10.2 Å². The smallest absolute Gasteiger partial charge is 0.244 e. The molecule has 0 atom stereocenters. The molecule has 4 rings (SSSR count). The summed E-state index contributed by atoms with van der Waals surface area (Å²) in [4.78, 5) is 12.0. The third-order valence-electron chi connectivity index (χ3n) is 4.49. The van der Waals surface area contributed by atoms with Crippen LogP contribution in [0.3, 0.4) is 0 Å². The number of amides is 1. The maximum Gasteiger partial charge on any atom is 0.244 e. The number of hydrogen-bond acceptors (Lipinski definition) is 5. The normalized spacial score (nSPS) is 11.4. The van der Waals surface area contributed by atoms with Gasteiger partial charge >= 0.3 is 0 Å². The highest BCUT2D eigenvalue weighted by Gasteiger charge is 2.10. The predicted octanol–water partition coefficient (Wildman–Crippen LogP) is 3.33. The molecular formula is C21H19N5O2. The van der Waals surface area contributed by atoms with Crippen LogP contribution in [0.15, 0.2) is 59.2 Å². The molecule has 4 aromatic rings. The first-order chi connectivity index (χ1) is 13.6. The van der Waals surface area contributed by atoms with E-state index in [-0.39, 0.29) is 12.5 Å². The van der Waals surface area contributed by atoms with E-state index in [9.17, 15) is 4.79 Å². The van der Waals surface area contributed by atoms with Crippen LogP contribution in [0, 0.1) is 13.8 Å². The number of nitrogens with one attached hydrogen (secondary N) is 1. The first-order valence-corrected chi connectivity index (χ1v) is 8.88. The molecule has 1 amide bonds. The maximum atomic E-state index is 12.0. The van der Waals surface area contributed by atoms with Crippen LogP contribution >= 0.6 is 0 Å². The monoisotopic (exact) mass is 373 g/mol. The van der Waals surface area contributed by atoms with Crippen molar-refractivity contribution in [3.63, 3.8) is 0 Å². The third-order valence-corrected chi connectivity index (χ3v) is 4.49. The lowest BCUT2D eigenvalue weighted by Crippen LogP contribution is -2.22. The molecule has 0 saturated carbocycles. The summed E-state index contributed by atoms with van der Waals surface area (Å²) in [7, 11) is 0. The quantitative estimate of drug-likeness (QED) is 0.542. The Bertz CT molecular complexity index is 1160. The Kier molecular flexibility index (Phi) is 4.72. The van der Waals surface area contributed by atoms with E-state index in [1.165, 1.54) is 17.2 Å². The number of rotatable bonds is 5. The molecule has 140 valence electrons. The van der Waals surface area contributed by atoms with Crippen LogP contribution in [0.25, 0.3) is 23.0 Å². The number of fused-ring (bicyclic) bond motifs is 1. The van der Waals surface area contributed by atoms with Gasteiger partial charge in [0.15, 0.2) is 11.5 Å². The van der Waals surface area contributed by atoms with Gasteiger partial charge in [0, 0.05) is 11.6 Å².